The zero-order valence-corrected chi connectivity index (χ0v) is 6.44. The molecule has 11 heavy (non-hydrogen) atoms. The van der Waals surface area contributed by atoms with Crippen molar-refractivity contribution < 1.29 is 14.9 Å². The standard InChI is InChI=1S/C8H14O3/c9-6-2-1-5(3-7(6)10)8-4-11-8/h5-10H,1-4H2/t5-,6+,7+,8?/m1/s1. The van der Waals surface area contributed by atoms with Crippen LogP contribution in [0.5, 0.6) is 0 Å². The van der Waals surface area contributed by atoms with Crippen LogP contribution in [0.25, 0.3) is 0 Å². The fraction of sp³-hybridized carbons (Fsp3) is 1.00. The molecule has 2 fully saturated rings. The molecule has 0 bridgehead atoms. The Bertz CT molecular complexity index is 144. The number of hydrogen-bond acceptors (Lipinski definition) is 3. The van der Waals surface area contributed by atoms with Crippen LogP contribution in [0.2, 0.25) is 0 Å². The second-order valence-electron chi connectivity index (χ2n) is 3.58. The number of epoxide rings is 1. The molecule has 3 nitrogen and oxygen atoms in total. The second-order valence-corrected chi connectivity index (χ2v) is 3.58. The molecule has 2 aliphatic rings. The van der Waals surface area contributed by atoms with E-state index >= 15 is 0 Å². The molecule has 64 valence electrons. The van der Waals surface area contributed by atoms with Crippen LogP contribution in [-0.4, -0.2) is 35.1 Å². The Kier molecular flexibility index (Phi) is 1.87. The number of ether oxygens (including phenoxy) is 1. The van der Waals surface area contributed by atoms with E-state index in [4.69, 9.17) is 4.74 Å². The van der Waals surface area contributed by atoms with E-state index in [-0.39, 0.29) is 0 Å². The van der Waals surface area contributed by atoms with Gasteiger partial charge in [0, 0.05) is 0 Å². The number of aliphatic hydroxyl groups is 2. The highest BCUT2D eigenvalue weighted by Gasteiger charge is 2.38. The van der Waals surface area contributed by atoms with Crippen LogP contribution >= 0.6 is 0 Å². The van der Waals surface area contributed by atoms with Gasteiger partial charge >= 0.3 is 0 Å². The summed E-state index contributed by atoms with van der Waals surface area (Å²) in [6.07, 6.45) is 1.82. The predicted octanol–water partition coefficient (Wildman–Crippen LogP) is -0.0929. The van der Waals surface area contributed by atoms with Gasteiger partial charge in [0.05, 0.1) is 24.9 Å². The summed E-state index contributed by atoms with van der Waals surface area (Å²) in [4.78, 5) is 0. The van der Waals surface area contributed by atoms with E-state index in [0.717, 1.165) is 19.4 Å². The van der Waals surface area contributed by atoms with E-state index in [2.05, 4.69) is 0 Å². The lowest BCUT2D eigenvalue weighted by molar-refractivity contribution is -0.0291. The minimum Gasteiger partial charge on any atom is -0.390 e. The Morgan fingerprint density at radius 2 is 1.82 bits per heavy atom. The SMILES string of the molecule is O[C@H]1CC[C@@H](C2CO2)C[C@@H]1O. The van der Waals surface area contributed by atoms with Gasteiger partial charge < -0.3 is 14.9 Å². The first-order valence-corrected chi connectivity index (χ1v) is 4.25. The van der Waals surface area contributed by atoms with Crippen molar-refractivity contribution in [2.24, 2.45) is 5.92 Å². The number of rotatable bonds is 1. The lowest BCUT2D eigenvalue weighted by Gasteiger charge is -2.28. The summed E-state index contributed by atoms with van der Waals surface area (Å²) >= 11 is 0. The maximum Gasteiger partial charge on any atom is 0.0839 e. The average Bonchev–Trinajstić information content (AvgIpc) is 2.77. The fourth-order valence-corrected chi connectivity index (χ4v) is 1.83. The second kappa shape index (κ2) is 2.73. The van der Waals surface area contributed by atoms with Gasteiger partial charge in [0.25, 0.3) is 0 Å². The Balaban J connectivity index is 1.86. The topological polar surface area (TPSA) is 53.0 Å². The van der Waals surface area contributed by atoms with E-state index in [1.54, 1.807) is 0 Å². The maximum absolute atomic E-state index is 9.32. The molecule has 1 saturated heterocycles. The minimum absolute atomic E-state index is 0.386. The molecule has 1 unspecified atom stereocenters. The van der Waals surface area contributed by atoms with Crippen molar-refractivity contribution in [2.45, 2.75) is 37.6 Å². The maximum atomic E-state index is 9.32. The van der Waals surface area contributed by atoms with Crippen molar-refractivity contribution >= 4 is 0 Å². The lowest BCUT2D eigenvalue weighted by atomic mass is 9.83. The molecule has 0 aromatic carbocycles. The molecule has 0 spiro atoms. The van der Waals surface area contributed by atoms with E-state index in [9.17, 15) is 10.2 Å². The molecule has 0 aromatic rings. The van der Waals surface area contributed by atoms with Crippen molar-refractivity contribution in [3.8, 4) is 0 Å². The first-order chi connectivity index (χ1) is 5.27. The van der Waals surface area contributed by atoms with E-state index in [0.29, 0.717) is 18.4 Å². The van der Waals surface area contributed by atoms with Crippen molar-refractivity contribution in [3.63, 3.8) is 0 Å². The Morgan fingerprint density at radius 1 is 1.09 bits per heavy atom. The van der Waals surface area contributed by atoms with Gasteiger partial charge in [0.15, 0.2) is 0 Å². The molecule has 1 heterocycles. The molecular weight excluding hydrogens is 144 g/mol. The normalized spacial score (nSPS) is 50.7. The zero-order chi connectivity index (χ0) is 7.84. The van der Waals surface area contributed by atoms with Gasteiger partial charge in [0.2, 0.25) is 0 Å². The third kappa shape index (κ3) is 1.55. The first kappa shape index (κ1) is 7.53. The molecule has 1 aliphatic carbocycles. The van der Waals surface area contributed by atoms with Gasteiger partial charge in [-0.2, -0.15) is 0 Å². The summed E-state index contributed by atoms with van der Waals surface area (Å²) in [7, 11) is 0. The van der Waals surface area contributed by atoms with Gasteiger partial charge in [-0.05, 0) is 25.2 Å². The summed E-state index contributed by atoms with van der Waals surface area (Å²) in [5, 5.41) is 18.5. The van der Waals surface area contributed by atoms with Crippen LogP contribution in [0, 0.1) is 5.92 Å². The fourth-order valence-electron chi connectivity index (χ4n) is 1.83. The Labute approximate surface area is 66.0 Å². The van der Waals surface area contributed by atoms with Gasteiger partial charge in [-0.3, -0.25) is 0 Å². The quantitative estimate of drug-likeness (QED) is 0.524. The highest BCUT2D eigenvalue weighted by atomic mass is 16.6. The summed E-state index contributed by atoms with van der Waals surface area (Å²) < 4.78 is 5.14. The van der Waals surface area contributed by atoms with Crippen molar-refractivity contribution in [1.82, 2.24) is 0 Å². The van der Waals surface area contributed by atoms with E-state index in [1.165, 1.54) is 0 Å². The highest BCUT2D eigenvalue weighted by Crippen LogP contribution is 2.33. The molecule has 2 rings (SSSR count). The average molecular weight is 158 g/mol. The summed E-state index contributed by atoms with van der Waals surface area (Å²) in [5.74, 6) is 0.494. The Morgan fingerprint density at radius 3 is 2.36 bits per heavy atom. The molecule has 0 radical (unpaired) electrons. The lowest BCUT2D eigenvalue weighted by Crippen LogP contribution is -2.35. The van der Waals surface area contributed by atoms with Gasteiger partial charge in [-0.25, -0.2) is 0 Å². The first-order valence-electron chi connectivity index (χ1n) is 4.25. The number of aliphatic hydroxyl groups excluding tert-OH is 2. The van der Waals surface area contributed by atoms with Crippen LogP contribution < -0.4 is 0 Å². The molecule has 4 atom stereocenters. The molecule has 0 aromatic heterocycles. The summed E-state index contributed by atoms with van der Waals surface area (Å²) in [6.45, 7) is 0.855. The van der Waals surface area contributed by atoms with Crippen molar-refractivity contribution in [1.29, 1.82) is 0 Å². The van der Waals surface area contributed by atoms with Crippen molar-refractivity contribution in [2.75, 3.05) is 6.61 Å². The number of hydrogen-bond donors (Lipinski definition) is 2. The zero-order valence-electron chi connectivity index (χ0n) is 6.44. The van der Waals surface area contributed by atoms with Crippen LogP contribution in [0.4, 0.5) is 0 Å². The third-order valence-corrected chi connectivity index (χ3v) is 2.71. The molecule has 1 saturated carbocycles. The molecule has 3 heteroatoms. The van der Waals surface area contributed by atoms with Crippen LogP contribution in [-0.2, 0) is 4.74 Å². The van der Waals surface area contributed by atoms with Gasteiger partial charge in [-0.15, -0.1) is 0 Å². The summed E-state index contributed by atoms with van der Waals surface area (Å²) in [6, 6.07) is 0. The van der Waals surface area contributed by atoms with Crippen LogP contribution in [0.3, 0.4) is 0 Å². The highest BCUT2D eigenvalue weighted by molar-refractivity contribution is 4.87. The molecule has 0 amide bonds. The van der Waals surface area contributed by atoms with Gasteiger partial charge in [-0.1, -0.05) is 0 Å². The minimum atomic E-state index is -0.516. The molecule has 2 N–H and O–H groups in total. The van der Waals surface area contributed by atoms with Gasteiger partial charge in [0.1, 0.15) is 0 Å². The Hall–Kier alpha value is -0.120. The predicted molar refractivity (Wildman–Crippen MR) is 39.1 cm³/mol. The molecular formula is C8H14O3. The summed E-state index contributed by atoms with van der Waals surface area (Å²) in [5.41, 5.74) is 0. The smallest absolute Gasteiger partial charge is 0.0839 e. The van der Waals surface area contributed by atoms with E-state index < -0.39 is 12.2 Å². The van der Waals surface area contributed by atoms with Crippen LogP contribution in [0.1, 0.15) is 19.3 Å². The van der Waals surface area contributed by atoms with Crippen molar-refractivity contribution in [3.05, 3.63) is 0 Å². The van der Waals surface area contributed by atoms with Crippen LogP contribution in [0.15, 0.2) is 0 Å². The monoisotopic (exact) mass is 158 g/mol. The van der Waals surface area contributed by atoms with E-state index in [1.807, 2.05) is 0 Å². The largest absolute Gasteiger partial charge is 0.390 e. The third-order valence-electron chi connectivity index (χ3n) is 2.71. The molecule has 1 aliphatic heterocycles.